The second-order valence-electron chi connectivity index (χ2n) is 8.25. The van der Waals surface area contributed by atoms with Crippen LogP contribution < -0.4 is 14.4 Å². The first kappa shape index (κ1) is 16.6. The summed E-state index contributed by atoms with van der Waals surface area (Å²) >= 11 is 0. The van der Waals surface area contributed by atoms with Crippen molar-refractivity contribution in [2.75, 3.05) is 44.5 Å². The molecule has 6 rings (SSSR count). The Morgan fingerprint density at radius 3 is 2.75 bits per heavy atom. The Labute approximate surface area is 165 Å². The molecule has 1 aliphatic carbocycles. The van der Waals surface area contributed by atoms with Gasteiger partial charge in [-0.15, -0.1) is 0 Å². The SMILES string of the molecule is c1cc(-c2ccc3c(c2)OCO3)cc(N2CCN3[C@@H](COC[C@@H]3C3CC3)C2)n1. The van der Waals surface area contributed by atoms with Crippen molar-refractivity contribution in [2.45, 2.75) is 24.9 Å². The number of hydrogen-bond donors (Lipinski definition) is 0. The number of rotatable bonds is 3. The van der Waals surface area contributed by atoms with Gasteiger partial charge in [0.05, 0.1) is 19.3 Å². The molecule has 3 aliphatic heterocycles. The van der Waals surface area contributed by atoms with Gasteiger partial charge in [-0.1, -0.05) is 6.07 Å². The van der Waals surface area contributed by atoms with E-state index in [9.17, 15) is 0 Å². The quantitative estimate of drug-likeness (QED) is 0.817. The van der Waals surface area contributed by atoms with Gasteiger partial charge in [-0.05, 0) is 54.2 Å². The lowest BCUT2D eigenvalue weighted by molar-refractivity contribution is -0.0603. The minimum atomic E-state index is 0.302. The molecule has 0 unspecified atom stereocenters. The molecule has 2 atom stereocenters. The highest BCUT2D eigenvalue weighted by molar-refractivity contribution is 5.70. The Balaban J connectivity index is 1.22. The van der Waals surface area contributed by atoms with Crippen molar-refractivity contribution in [3.63, 3.8) is 0 Å². The van der Waals surface area contributed by atoms with Crippen LogP contribution in [0, 0.1) is 5.92 Å². The lowest BCUT2D eigenvalue weighted by Gasteiger charge is -2.48. The van der Waals surface area contributed by atoms with Crippen molar-refractivity contribution in [3.05, 3.63) is 36.5 Å². The molecule has 0 radical (unpaired) electrons. The molecule has 3 fully saturated rings. The molecule has 0 bridgehead atoms. The zero-order chi connectivity index (χ0) is 18.5. The molecule has 4 heterocycles. The molecule has 2 aromatic rings. The van der Waals surface area contributed by atoms with Crippen LogP contribution in [0.2, 0.25) is 0 Å². The molecule has 146 valence electrons. The molecule has 4 aliphatic rings. The number of pyridine rings is 1. The van der Waals surface area contributed by atoms with Gasteiger partial charge < -0.3 is 19.1 Å². The molecular weight excluding hydrogens is 354 g/mol. The number of nitrogens with zero attached hydrogens (tertiary/aromatic N) is 3. The van der Waals surface area contributed by atoms with Crippen molar-refractivity contribution in [1.29, 1.82) is 0 Å². The fraction of sp³-hybridized carbons (Fsp3) is 0.500. The van der Waals surface area contributed by atoms with Crippen LogP contribution in [-0.4, -0.2) is 61.6 Å². The molecule has 0 spiro atoms. The van der Waals surface area contributed by atoms with Crippen LogP contribution in [-0.2, 0) is 4.74 Å². The highest BCUT2D eigenvalue weighted by atomic mass is 16.7. The Morgan fingerprint density at radius 1 is 0.929 bits per heavy atom. The van der Waals surface area contributed by atoms with Gasteiger partial charge in [-0.3, -0.25) is 4.90 Å². The van der Waals surface area contributed by atoms with E-state index in [0.29, 0.717) is 18.9 Å². The third kappa shape index (κ3) is 2.91. The second-order valence-corrected chi connectivity index (χ2v) is 8.25. The predicted octanol–water partition coefficient (Wildman–Crippen LogP) is 2.78. The zero-order valence-electron chi connectivity index (χ0n) is 15.9. The van der Waals surface area contributed by atoms with Gasteiger partial charge >= 0.3 is 0 Å². The van der Waals surface area contributed by atoms with E-state index in [-0.39, 0.29) is 0 Å². The van der Waals surface area contributed by atoms with Crippen LogP contribution in [0.4, 0.5) is 5.82 Å². The minimum absolute atomic E-state index is 0.302. The maximum absolute atomic E-state index is 5.96. The van der Waals surface area contributed by atoms with Crippen molar-refractivity contribution in [1.82, 2.24) is 9.88 Å². The number of hydrogen-bond acceptors (Lipinski definition) is 6. The number of fused-ring (bicyclic) bond motifs is 2. The van der Waals surface area contributed by atoms with E-state index in [1.165, 1.54) is 12.8 Å². The normalized spacial score (nSPS) is 26.9. The number of morpholine rings is 1. The summed E-state index contributed by atoms with van der Waals surface area (Å²) in [5.41, 5.74) is 2.28. The first-order chi connectivity index (χ1) is 13.8. The summed E-state index contributed by atoms with van der Waals surface area (Å²) in [6.45, 7) is 5.17. The highest BCUT2D eigenvalue weighted by Gasteiger charge is 2.43. The average Bonchev–Trinajstić information content (AvgIpc) is 3.49. The lowest BCUT2D eigenvalue weighted by Crippen LogP contribution is -2.62. The van der Waals surface area contributed by atoms with Gasteiger partial charge in [-0.25, -0.2) is 4.98 Å². The Bertz CT molecular complexity index is 885. The van der Waals surface area contributed by atoms with Crippen LogP contribution in [0.25, 0.3) is 11.1 Å². The maximum atomic E-state index is 5.96. The molecule has 1 aromatic carbocycles. The highest BCUT2D eigenvalue weighted by Crippen LogP contribution is 2.39. The van der Waals surface area contributed by atoms with E-state index < -0.39 is 0 Å². The van der Waals surface area contributed by atoms with Crippen LogP contribution >= 0.6 is 0 Å². The summed E-state index contributed by atoms with van der Waals surface area (Å²) in [4.78, 5) is 9.80. The molecule has 0 amide bonds. The van der Waals surface area contributed by atoms with E-state index in [1.807, 2.05) is 12.3 Å². The lowest BCUT2D eigenvalue weighted by atomic mass is 10.0. The Hall–Kier alpha value is -2.31. The minimum Gasteiger partial charge on any atom is -0.454 e. The molecule has 2 saturated heterocycles. The van der Waals surface area contributed by atoms with Crippen molar-refractivity contribution >= 4 is 5.82 Å². The molecular formula is C22H25N3O3. The van der Waals surface area contributed by atoms with Crippen LogP contribution in [0.5, 0.6) is 11.5 Å². The third-order valence-corrected chi connectivity index (χ3v) is 6.49. The summed E-state index contributed by atoms with van der Waals surface area (Å²) < 4.78 is 16.9. The number of aromatic nitrogens is 1. The van der Waals surface area contributed by atoms with Crippen molar-refractivity contribution in [3.8, 4) is 22.6 Å². The summed E-state index contributed by atoms with van der Waals surface area (Å²) in [5.74, 6) is 3.54. The van der Waals surface area contributed by atoms with Crippen molar-refractivity contribution in [2.24, 2.45) is 5.92 Å². The maximum Gasteiger partial charge on any atom is 0.231 e. The Morgan fingerprint density at radius 2 is 1.82 bits per heavy atom. The van der Waals surface area contributed by atoms with Gasteiger partial charge in [-0.2, -0.15) is 0 Å². The fourth-order valence-electron chi connectivity index (χ4n) is 4.82. The van der Waals surface area contributed by atoms with Gasteiger partial charge in [0.25, 0.3) is 0 Å². The van der Waals surface area contributed by atoms with Gasteiger partial charge in [0.15, 0.2) is 11.5 Å². The van der Waals surface area contributed by atoms with E-state index in [1.54, 1.807) is 0 Å². The molecule has 6 heteroatoms. The number of ether oxygens (including phenoxy) is 3. The molecule has 1 saturated carbocycles. The number of anilines is 1. The molecule has 1 aromatic heterocycles. The monoisotopic (exact) mass is 379 g/mol. The van der Waals surface area contributed by atoms with E-state index in [2.05, 4.69) is 39.0 Å². The Kier molecular flexibility index (Phi) is 3.94. The summed E-state index contributed by atoms with van der Waals surface area (Å²) in [6.07, 6.45) is 4.66. The molecule has 6 nitrogen and oxygen atoms in total. The number of benzene rings is 1. The van der Waals surface area contributed by atoms with E-state index in [4.69, 9.17) is 14.2 Å². The standard InChI is InChI=1S/C22H25N3O3/c1-2-15(1)19-13-26-12-18-11-24(7-8-25(18)19)22-10-17(5-6-23-22)16-3-4-20-21(9-16)28-14-27-20/h3-6,9-10,15,18-19H,1-2,7-8,11-14H2/t18-,19-/m1/s1. The number of piperazine rings is 1. The van der Waals surface area contributed by atoms with Gasteiger partial charge in [0, 0.05) is 31.9 Å². The summed E-state index contributed by atoms with van der Waals surface area (Å²) in [7, 11) is 0. The third-order valence-electron chi connectivity index (χ3n) is 6.49. The smallest absolute Gasteiger partial charge is 0.231 e. The predicted molar refractivity (Wildman–Crippen MR) is 106 cm³/mol. The van der Waals surface area contributed by atoms with Crippen LogP contribution in [0.3, 0.4) is 0 Å². The summed E-state index contributed by atoms with van der Waals surface area (Å²) in [6, 6.07) is 11.5. The van der Waals surface area contributed by atoms with Crippen LogP contribution in [0.15, 0.2) is 36.5 Å². The van der Waals surface area contributed by atoms with Crippen molar-refractivity contribution < 1.29 is 14.2 Å². The zero-order valence-corrected chi connectivity index (χ0v) is 15.9. The first-order valence-corrected chi connectivity index (χ1v) is 10.3. The molecule has 28 heavy (non-hydrogen) atoms. The summed E-state index contributed by atoms with van der Waals surface area (Å²) in [5, 5.41) is 0. The van der Waals surface area contributed by atoms with Crippen LogP contribution in [0.1, 0.15) is 12.8 Å². The fourth-order valence-corrected chi connectivity index (χ4v) is 4.82. The topological polar surface area (TPSA) is 47.1 Å². The van der Waals surface area contributed by atoms with Gasteiger partial charge in [0.2, 0.25) is 6.79 Å². The van der Waals surface area contributed by atoms with Gasteiger partial charge in [0.1, 0.15) is 5.82 Å². The second kappa shape index (κ2) is 6.64. The molecule has 0 N–H and O–H groups in total. The van der Waals surface area contributed by atoms with E-state index in [0.717, 1.165) is 67.2 Å². The average molecular weight is 379 g/mol. The largest absolute Gasteiger partial charge is 0.454 e. The first-order valence-electron chi connectivity index (χ1n) is 10.3. The van der Waals surface area contributed by atoms with E-state index >= 15 is 0 Å².